The highest BCUT2D eigenvalue weighted by molar-refractivity contribution is 5.73. The first-order valence-electron chi connectivity index (χ1n) is 9.14. The second-order valence-electron chi connectivity index (χ2n) is 6.99. The maximum absolute atomic E-state index is 11.8. The minimum absolute atomic E-state index is 0.0141. The van der Waals surface area contributed by atoms with E-state index in [1.807, 2.05) is 0 Å². The molecule has 0 aromatic heterocycles. The molecule has 0 saturated carbocycles. The first-order valence-corrected chi connectivity index (χ1v) is 9.14. The summed E-state index contributed by atoms with van der Waals surface area (Å²) in [5.74, 6) is -0.467. The summed E-state index contributed by atoms with van der Waals surface area (Å²) in [7, 11) is 0. The summed E-state index contributed by atoms with van der Waals surface area (Å²) in [6.45, 7) is 3.40. The highest BCUT2D eigenvalue weighted by Gasteiger charge is 2.51. The van der Waals surface area contributed by atoms with Gasteiger partial charge in [0, 0.05) is 13.5 Å². The van der Waals surface area contributed by atoms with Gasteiger partial charge in [0.05, 0.1) is 13.2 Å². The van der Waals surface area contributed by atoms with E-state index in [1.165, 1.54) is 13.0 Å². The molecule has 2 saturated heterocycles. The first kappa shape index (κ1) is 24.1. The molecule has 2 rings (SSSR count). The van der Waals surface area contributed by atoms with Crippen molar-refractivity contribution in [2.75, 3.05) is 19.8 Å². The van der Waals surface area contributed by atoms with Gasteiger partial charge in [-0.05, 0) is 0 Å². The van der Waals surface area contributed by atoms with Gasteiger partial charge in [0.1, 0.15) is 48.8 Å². The zero-order valence-electron chi connectivity index (χ0n) is 15.9. The molecule has 1 amide bonds. The molecule has 2 aliphatic heterocycles. The van der Waals surface area contributed by atoms with E-state index in [-0.39, 0.29) is 6.54 Å². The van der Waals surface area contributed by atoms with Gasteiger partial charge in [-0.3, -0.25) is 4.79 Å². The second kappa shape index (κ2) is 10.2. The molecule has 12 heteroatoms. The Morgan fingerprint density at radius 1 is 0.966 bits per heavy atom. The van der Waals surface area contributed by atoms with Gasteiger partial charge in [0.2, 0.25) is 5.91 Å². The van der Waals surface area contributed by atoms with Crippen molar-refractivity contribution in [3.8, 4) is 0 Å². The molecule has 0 unspecified atom stereocenters. The maximum atomic E-state index is 11.8. The van der Waals surface area contributed by atoms with Crippen molar-refractivity contribution in [3.63, 3.8) is 0 Å². The first-order chi connectivity index (χ1) is 13.7. The van der Waals surface area contributed by atoms with Crippen LogP contribution in [0, 0.1) is 0 Å². The summed E-state index contributed by atoms with van der Waals surface area (Å²) in [5.41, 5.74) is 0. The number of carbonyl (C=O) groups excluding carboxylic acids is 1. The highest BCUT2D eigenvalue weighted by Crippen LogP contribution is 2.30. The molecule has 0 radical (unpaired) electrons. The molecule has 0 spiro atoms. The fourth-order valence-electron chi connectivity index (χ4n) is 3.38. The maximum Gasteiger partial charge on any atom is 0.221 e. The van der Waals surface area contributed by atoms with Gasteiger partial charge in [-0.15, -0.1) is 6.58 Å². The van der Waals surface area contributed by atoms with E-state index in [0.717, 1.165) is 4.90 Å². The number of aliphatic hydroxyl groups is 7. The SMILES string of the molecule is C=CCN(C(C)=O)[C@@H]1O[C@H](CO)[C@@H](O[C@@H]2O[C@H](CO)[C@H](O)[C@H](O)[C@H]2O)[C@H](O)[C@H]1O. The predicted octanol–water partition coefficient (Wildman–Crippen LogP) is -4.35. The van der Waals surface area contributed by atoms with Gasteiger partial charge < -0.3 is 54.9 Å². The number of rotatable bonds is 7. The minimum atomic E-state index is -1.75. The van der Waals surface area contributed by atoms with Crippen LogP contribution in [0.3, 0.4) is 0 Å². The van der Waals surface area contributed by atoms with Crippen LogP contribution in [0.25, 0.3) is 0 Å². The molecule has 0 aromatic rings. The number of hydrogen-bond acceptors (Lipinski definition) is 11. The van der Waals surface area contributed by atoms with Crippen LogP contribution >= 0.6 is 0 Å². The summed E-state index contributed by atoms with van der Waals surface area (Å²) in [5, 5.41) is 69.7. The summed E-state index contributed by atoms with van der Waals surface area (Å²) in [6, 6.07) is 0. The molecule has 2 heterocycles. The lowest BCUT2D eigenvalue weighted by Crippen LogP contribution is -2.67. The minimum Gasteiger partial charge on any atom is -0.394 e. The fraction of sp³-hybridized carbons (Fsp3) is 0.824. The van der Waals surface area contributed by atoms with E-state index in [1.54, 1.807) is 0 Å². The van der Waals surface area contributed by atoms with Crippen molar-refractivity contribution in [2.24, 2.45) is 0 Å². The van der Waals surface area contributed by atoms with E-state index in [2.05, 4.69) is 6.58 Å². The van der Waals surface area contributed by atoms with Crippen LogP contribution in [0.5, 0.6) is 0 Å². The van der Waals surface area contributed by atoms with E-state index >= 15 is 0 Å². The number of nitrogens with zero attached hydrogens (tertiary/aromatic N) is 1. The van der Waals surface area contributed by atoms with Gasteiger partial charge >= 0.3 is 0 Å². The zero-order valence-corrected chi connectivity index (χ0v) is 15.9. The summed E-state index contributed by atoms with van der Waals surface area (Å²) < 4.78 is 16.2. The molecule has 168 valence electrons. The average Bonchev–Trinajstić information content (AvgIpc) is 2.70. The third-order valence-corrected chi connectivity index (χ3v) is 5.02. The number of hydrogen-bond donors (Lipinski definition) is 7. The summed E-state index contributed by atoms with van der Waals surface area (Å²) in [6.07, 6.45) is -13.8. The van der Waals surface area contributed by atoms with Crippen LogP contribution in [-0.2, 0) is 19.0 Å². The zero-order chi connectivity index (χ0) is 21.9. The van der Waals surface area contributed by atoms with E-state index in [4.69, 9.17) is 14.2 Å². The van der Waals surface area contributed by atoms with Crippen molar-refractivity contribution in [3.05, 3.63) is 12.7 Å². The molecule has 29 heavy (non-hydrogen) atoms. The Kier molecular flexibility index (Phi) is 8.48. The van der Waals surface area contributed by atoms with E-state index in [0.29, 0.717) is 0 Å². The largest absolute Gasteiger partial charge is 0.394 e. The van der Waals surface area contributed by atoms with Gasteiger partial charge in [-0.1, -0.05) is 6.08 Å². The Hall–Kier alpha value is -1.19. The van der Waals surface area contributed by atoms with Gasteiger partial charge in [-0.25, -0.2) is 0 Å². The van der Waals surface area contributed by atoms with Crippen LogP contribution < -0.4 is 0 Å². The smallest absolute Gasteiger partial charge is 0.221 e. The number of carbonyl (C=O) groups is 1. The van der Waals surface area contributed by atoms with Crippen molar-refractivity contribution >= 4 is 5.91 Å². The standard InChI is InChI=1S/C17H29NO11/c1-3-4-18(7(2)21)16-13(25)12(24)15(9(6-20)27-16)29-17-14(26)11(23)10(22)8(5-19)28-17/h3,8-17,19-20,22-26H,1,4-6H2,2H3/t8-,9-,10+,11+,12-,13-,14-,15-,16-,17+/m1/s1. The van der Waals surface area contributed by atoms with Crippen molar-refractivity contribution in [1.29, 1.82) is 0 Å². The van der Waals surface area contributed by atoms with Crippen molar-refractivity contribution in [1.82, 2.24) is 4.90 Å². The third-order valence-electron chi connectivity index (χ3n) is 5.02. The molecule has 7 N–H and O–H groups in total. The lowest BCUT2D eigenvalue weighted by atomic mass is 9.96. The van der Waals surface area contributed by atoms with Crippen LogP contribution in [0.4, 0.5) is 0 Å². The Morgan fingerprint density at radius 3 is 2.10 bits per heavy atom. The Labute approximate surface area is 167 Å². The molecule has 0 bridgehead atoms. The normalized spacial score (nSPS) is 43.0. The molecule has 10 atom stereocenters. The Bertz CT molecular complexity index is 559. The quantitative estimate of drug-likeness (QED) is 0.196. The van der Waals surface area contributed by atoms with Crippen LogP contribution in [0.1, 0.15) is 6.92 Å². The Morgan fingerprint density at radius 2 is 1.59 bits per heavy atom. The van der Waals surface area contributed by atoms with E-state index in [9.17, 15) is 40.5 Å². The fourth-order valence-corrected chi connectivity index (χ4v) is 3.38. The van der Waals surface area contributed by atoms with Gasteiger partial charge in [0.15, 0.2) is 12.5 Å². The Balaban J connectivity index is 2.19. The molecule has 12 nitrogen and oxygen atoms in total. The highest BCUT2D eigenvalue weighted by atomic mass is 16.7. The predicted molar refractivity (Wildman–Crippen MR) is 94.0 cm³/mol. The van der Waals surface area contributed by atoms with Crippen LogP contribution in [-0.4, -0.2) is 128 Å². The second-order valence-corrected chi connectivity index (χ2v) is 6.99. The number of aliphatic hydroxyl groups excluding tert-OH is 7. The van der Waals surface area contributed by atoms with E-state index < -0.39 is 80.5 Å². The number of amides is 1. The van der Waals surface area contributed by atoms with Crippen molar-refractivity contribution in [2.45, 2.75) is 68.3 Å². The lowest BCUT2D eigenvalue weighted by Gasteiger charge is -2.48. The van der Waals surface area contributed by atoms with Gasteiger partial charge in [0.25, 0.3) is 0 Å². The van der Waals surface area contributed by atoms with Crippen molar-refractivity contribution < 1.29 is 54.8 Å². The third kappa shape index (κ3) is 4.94. The lowest BCUT2D eigenvalue weighted by molar-refractivity contribution is -0.347. The summed E-state index contributed by atoms with van der Waals surface area (Å²) >= 11 is 0. The molecular formula is C17H29NO11. The molecule has 2 aliphatic rings. The molecular weight excluding hydrogens is 394 g/mol. The van der Waals surface area contributed by atoms with Crippen LogP contribution in [0.2, 0.25) is 0 Å². The summed E-state index contributed by atoms with van der Waals surface area (Å²) in [4.78, 5) is 12.9. The topological polar surface area (TPSA) is 190 Å². The molecule has 0 aliphatic carbocycles. The number of ether oxygens (including phenoxy) is 3. The molecule has 2 fully saturated rings. The molecule has 0 aromatic carbocycles. The average molecular weight is 423 g/mol. The monoisotopic (exact) mass is 423 g/mol. The van der Waals surface area contributed by atoms with Gasteiger partial charge in [-0.2, -0.15) is 0 Å². The van der Waals surface area contributed by atoms with Crippen LogP contribution in [0.15, 0.2) is 12.7 Å².